The molecule has 70 heavy (non-hydrogen) atoms. The standard InChI is InChI=1S/C62H38N8/c1-4-17-41(18-5-1)57-63-58(65-61(64-57)45-31-30-40-29-28-39-16-10-11-23-47(39)51(40)38-45)44-32-34-46(35-33-44)69-53-27-15-13-25-50(53)55-54(69)37-36-49-48-24-12-14-26-52(48)70(56(49)55)62-67-59(42-19-6-2-7-20-42)66-60(68-62)43-21-8-3-9-22-43/h1-38H. The number of para-hydroxylation sites is 2. The van der Waals surface area contributed by atoms with Crippen LogP contribution < -0.4 is 0 Å². The van der Waals surface area contributed by atoms with Crippen LogP contribution in [0, 0.1) is 0 Å². The molecule has 10 aromatic carbocycles. The molecule has 0 fully saturated rings. The highest BCUT2D eigenvalue weighted by atomic mass is 15.2. The minimum absolute atomic E-state index is 0.552. The zero-order chi connectivity index (χ0) is 46.1. The summed E-state index contributed by atoms with van der Waals surface area (Å²) in [5.41, 5.74) is 9.77. The lowest BCUT2D eigenvalue weighted by molar-refractivity contribution is 0.955. The maximum atomic E-state index is 5.26. The summed E-state index contributed by atoms with van der Waals surface area (Å²) in [6.07, 6.45) is 0. The van der Waals surface area contributed by atoms with Crippen molar-refractivity contribution in [1.29, 1.82) is 0 Å². The zero-order valence-electron chi connectivity index (χ0n) is 37.5. The number of benzene rings is 10. The van der Waals surface area contributed by atoms with E-state index in [2.05, 4.69) is 149 Å². The van der Waals surface area contributed by atoms with Crippen molar-refractivity contribution >= 4 is 65.2 Å². The van der Waals surface area contributed by atoms with E-state index in [1.54, 1.807) is 0 Å². The number of fused-ring (bicyclic) bond motifs is 10. The molecule has 0 saturated heterocycles. The molecular formula is C62H38N8. The summed E-state index contributed by atoms with van der Waals surface area (Å²) in [5.74, 6) is 3.61. The summed E-state index contributed by atoms with van der Waals surface area (Å²) < 4.78 is 4.58. The predicted molar refractivity (Wildman–Crippen MR) is 284 cm³/mol. The van der Waals surface area contributed by atoms with Crippen molar-refractivity contribution in [3.8, 4) is 68.6 Å². The molecule has 4 heterocycles. The van der Waals surface area contributed by atoms with Crippen LogP contribution >= 0.6 is 0 Å². The number of hydrogen-bond donors (Lipinski definition) is 0. The molecular weight excluding hydrogens is 857 g/mol. The molecule has 0 spiro atoms. The van der Waals surface area contributed by atoms with Gasteiger partial charge in [-0.1, -0.05) is 182 Å². The van der Waals surface area contributed by atoms with E-state index in [0.29, 0.717) is 35.1 Å². The second-order valence-electron chi connectivity index (χ2n) is 17.5. The summed E-state index contributed by atoms with van der Waals surface area (Å²) in [6.45, 7) is 0. The van der Waals surface area contributed by atoms with Crippen LogP contribution in [0.1, 0.15) is 0 Å². The largest absolute Gasteiger partial charge is 0.309 e. The summed E-state index contributed by atoms with van der Waals surface area (Å²) in [7, 11) is 0. The summed E-state index contributed by atoms with van der Waals surface area (Å²) in [6, 6.07) is 80.0. The van der Waals surface area contributed by atoms with Crippen LogP contribution in [0.15, 0.2) is 231 Å². The highest BCUT2D eigenvalue weighted by Crippen LogP contribution is 2.42. The Morgan fingerprint density at radius 3 is 1.31 bits per heavy atom. The average Bonchev–Trinajstić information content (AvgIpc) is 3.97. The smallest absolute Gasteiger partial charge is 0.238 e. The molecule has 0 aliphatic heterocycles. The van der Waals surface area contributed by atoms with Crippen molar-refractivity contribution in [2.45, 2.75) is 0 Å². The molecule has 4 aromatic heterocycles. The second kappa shape index (κ2) is 16.0. The molecule has 14 aromatic rings. The fraction of sp³-hybridized carbons (Fsp3) is 0. The Bertz CT molecular complexity index is 4280. The highest BCUT2D eigenvalue weighted by molar-refractivity contribution is 6.26. The Balaban J connectivity index is 0.949. The van der Waals surface area contributed by atoms with Gasteiger partial charge in [0.2, 0.25) is 5.95 Å². The summed E-state index contributed by atoms with van der Waals surface area (Å²) in [4.78, 5) is 30.9. The molecule has 0 bridgehead atoms. The van der Waals surface area contributed by atoms with Gasteiger partial charge < -0.3 is 4.57 Å². The Morgan fingerprint density at radius 2 is 0.700 bits per heavy atom. The molecule has 0 aliphatic carbocycles. The van der Waals surface area contributed by atoms with Gasteiger partial charge in [0.05, 0.1) is 22.1 Å². The van der Waals surface area contributed by atoms with E-state index in [1.807, 2.05) is 91.0 Å². The van der Waals surface area contributed by atoms with Crippen molar-refractivity contribution in [1.82, 2.24) is 39.0 Å². The summed E-state index contributed by atoms with van der Waals surface area (Å²) in [5, 5.41) is 9.18. The van der Waals surface area contributed by atoms with Crippen molar-refractivity contribution in [3.05, 3.63) is 231 Å². The third-order valence-corrected chi connectivity index (χ3v) is 13.4. The van der Waals surface area contributed by atoms with Crippen molar-refractivity contribution < 1.29 is 0 Å². The van der Waals surface area contributed by atoms with Crippen LogP contribution in [0.4, 0.5) is 0 Å². The van der Waals surface area contributed by atoms with Gasteiger partial charge in [-0.15, -0.1) is 0 Å². The van der Waals surface area contributed by atoms with E-state index in [0.717, 1.165) is 82.5 Å². The third-order valence-electron chi connectivity index (χ3n) is 13.4. The van der Waals surface area contributed by atoms with E-state index in [4.69, 9.17) is 29.9 Å². The van der Waals surface area contributed by atoms with E-state index in [9.17, 15) is 0 Å². The zero-order valence-corrected chi connectivity index (χ0v) is 37.5. The van der Waals surface area contributed by atoms with E-state index >= 15 is 0 Å². The van der Waals surface area contributed by atoms with Gasteiger partial charge >= 0.3 is 0 Å². The van der Waals surface area contributed by atoms with Crippen LogP contribution in [0.5, 0.6) is 0 Å². The topological polar surface area (TPSA) is 87.2 Å². The van der Waals surface area contributed by atoms with Gasteiger partial charge in [-0.05, 0) is 70.1 Å². The van der Waals surface area contributed by atoms with Gasteiger partial charge in [-0.2, -0.15) is 9.97 Å². The molecule has 0 radical (unpaired) electrons. The van der Waals surface area contributed by atoms with Crippen molar-refractivity contribution in [2.75, 3.05) is 0 Å². The average molecular weight is 895 g/mol. The molecule has 0 N–H and O–H groups in total. The molecule has 0 amide bonds. The molecule has 0 unspecified atom stereocenters. The molecule has 326 valence electrons. The van der Waals surface area contributed by atoms with Gasteiger partial charge in [0.1, 0.15) is 0 Å². The minimum Gasteiger partial charge on any atom is -0.309 e. The van der Waals surface area contributed by atoms with E-state index < -0.39 is 0 Å². The van der Waals surface area contributed by atoms with E-state index in [1.165, 1.54) is 16.2 Å². The lowest BCUT2D eigenvalue weighted by atomic mass is 10.00. The number of nitrogens with zero attached hydrogens (tertiary/aromatic N) is 8. The fourth-order valence-electron chi connectivity index (χ4n) is 10.1. The van der Waals surface area contributed by atoms with Gasteiger partial charge in [-0.3, -0.25) is 4.57 Å². The van der Waals surface area contributed by atoms with E-state index in [-0.39, 0.29) is 0 Å². The molecule has 0 atom stereocenters. The number of hydrogen-bond acceptors (Lipinski definition) is 6. The van der Waals surface area contributed by atoms with Crippen LogP contribution in [0.3, 0.4) is 0 Å². The predicted octanol–water partition coefficient (Wildman–Crippen LogP) is 14.9. The maximum Gasteiger partial charge on any atom is 0.238 e. The first-order chi connectivity index (χ1) is 34.7. The van der Waals surface area contributed by atoms with Gasteiger partial charge in [0, 0.05) is 55.0 Å². The lowest BCUT2D eigenvalue weighted by Gasteiger charge is -2.12. The van der Waals surface area contributed by atoms with Crippen molar-refractivity contribution in [3.63, 3.8) is 0 Å². The summed E-state index contributed by atoms with van der Waals surface area (Å²) >= 11 is 0. The Hall–Kier alpha value is -9.66. The highest BCUT2D eigenvalue weighted by Gasteiger charge is 2.23. The first-order valence-electron chi connectivity index (χ1n) is 23.4. The second-order valence-corrected chi connectivity index (χ2v) is 17.5. The van der Waals surface area contributed by atoms with Gasteiger partial charge in [0.15, 0.2) is 29.1 Å². The molecule has 0 saturated carbocycles. The minimum atomic E-state index is 0.552. The Morgan fingerprint density at radius 1 is 0.257 bits per heavy atom. The first-order valence-corrected chi connectivity index (χ1v) is 23.4. The molecule has 8 heteroatoms. The molecule has 14 rings (SSSR count). The third kappa shape index (κ3) is 6.46. The number of aromatic nitrogens is 8. The Labute approximate surface area is 401 Å². The quantitative estimate of drug-likeness (QED) is 0.148. The number of rotatable bonds is 7. The van der Waals surface area contributed by atoms with Crippen LogP contribution in [-0.4, -0.2) is 39.0 Å². The normalized spacial score (nSPS) is 11.7. The lowest BCUT2D eigenvalue weighted by Crippen LogP contribution is -2.06. The monoisotopic (exact) mass is 894 g/mol. The maximum absolute atomic E-state index is 5.26. The first kappa shape index (κ1) is 39.5. The van der Waals surface area contributed by atoms with Crippen LogP contribution in [0.25, 0.3) is 134 Å². The van der Waals surface area contributed by atoms with Gasteiger partial charge in [0.25, 0.3) is 0 Å². The SMILES string of the molecule is c1ccc(-c2nc(-c3ccc(-n4c5ccccc5c5c4ccc4c6ccccc6n(-c6nc(-c7ccccc7)nc(-c7ccccc7)n6)c45)cc3)nc(-c3ccc4ccc5ccccc5c4c3)n2)cc1. The fourth-order valence-corrected chi connectivity index (χ4v) is 10.1. The Kier molecular flexibility index (Phi) is 9.03. The van der Waals surface area contributed by atoms with Crippen LogP contribution in [0.2, 0.25) is 0 Å². The molecule has 0 aliphatic rings. The molecule has 8 nitrogen and oxygen atoms in total. The van der Waals surface area contributed by atoms with Crippen LogP contribution in [-0.2, 0) is 0 Å². The van der Waals surface area contributed by atoms with Gasteiger partial charge in [-0.25, -0.2) is 19.9 Å². The van der Waals surface area contributed by atoms with Crippen molar-refractivity contribution in [2.24, 2.45) is 0 Å².